The van der Waals surface area contributed by atoms with Gasteiger partial charge in [-0.15, -0.1) is 0 Å². The van der Waals surface area contributed by atoms with Crippen molar-refractivity contribution in [3.8, 4) is 5.69 Å². The molecule has 4 aromatic carbocycles. The molecule has 0 saturated heterocycles. The number of rotatable bonds is 2. The lowest BCUT2D eigenvalue weighted by Crippen LogP contribution is -2.41. The van der Waals surface area contributed by atoms with Crippen molar-refractivity contribution in [3.05, 3.63) is 127 Å². The lowest BCUT2D eigenvalue weighted by atomic mass is 9.80. The molecule has 2 aliphatic rings. The summed E-state index contributed by atoms with van der Waals surface area (Å²) in [6, 6.07) is 35.2. The lowest BCUT2D eigenvalue weighted by Gasteiger charge is -2.39. The average molecular weight is 425 g/mol. The summed E-state index contributed by atoms with van der Waals surface area (Å²) in [5.74, 6) is 0.343. The van der Waals surface area contributed by atoms with E-state index in [1.807, 2.05) is 0 Å². The van der Waals surface area contributed by atoms with E-state index in [1.54, 1.807) is 0 Å². The van der Waals surface area contributed by atoms with Gasteiger partial charge in [0.1, 0.15) is 0 Å². The molecular weight excluding hydrogens is 400 g/mol. The zero-order valence-corrected chi connectivity index (χ0v) is 18.5. The average Bonchev–Trinajstić information content (AvgIpc) is 3.33. The molecule has 5 aromatic rings. The highest BCUT2D eigenvalue weighted by Crippen LogP contribution is 2.53. The Kier molecular flexibility index (Phi) is 3.78. The molecule has 2 atom stereocenters. The van der Waals surface area contributed by atoms with E-state index in [0.29, 0.717) is 5.92 Å². The summed E-state index contributed by atoms with van der Waals surface area (Å²) in [5, 5.41) is 2.58. The minimum atomic E-state index is -0.127. The second-order valence-corrected chi connectivity index (χ2v) is 9.23. The van der Waals surface area contributed by atoms with Gasteiger partial charge in [-0.2, -0.15) is 0 Å². The number of hydrogen-bond acceptors (Lipinski definition) is 1. The highest BCUT2D eigenvalue weighted by molar-refractivity contribution is 6.09. The minimum absolute atomic E-state index is 0.127. The zero-order chi connectivity index (χ0) is 22.0. The Bertz CT molecular complexity index is 1550. The molecule has 7 rings (SSSR count). The van der Waals surface area contributed by atoms with Crippen molar-refractivity contribution in [3.63, 3.8) is 0 Å². The van der Waals surface area contributed by atoms with Gasteiger partial charge in [0.15, 0.2) is 0 Å². The molecule has 2 heteroatoms. The monoisotopic (exact) mass is 424 g/mol. The van der Waals surface area contributed by atoms with Gasteiger partial charge in [-0.25, -0.2) is 0 Å². The van der Waals surface area contributed by atoms with E-state index in [0.717, 1.165) is 0 Å². The van der Waals surface area contributed by atoms with Crippen LogP contribution >= 0.6 is 0 Å². The largest absolute Gasteiger partial charge is 0.331 e. The summed E-state index contributed by atoms with van der Waals surface area (Å²) < 4.78 is 2.40. The summed E-state index contributed by atoms with van der Waals surface area (Å²) in [6.45, 7) is 2.35. The molecule has 2 heterocycles. The quantitative estimate of drug-likeness (QED) is 0.279. The Morgan fingerprint density at radius 3 is 2.12 bits per heavy atom. The Labute approximate surface area is 193 Å². The molecule has 1 aromatic heterocycles. The highest BCUT2D eigenvalue weighted by atomic mass is 15.2. The van der Waals surface area contributed by atoms with Crippen LogP contribution in [0.15, 0.2) is 121 Å². The first-order valence-electron chi connectivity index (χ1n) is 11.6. The van der Waals surface area contributed by atoms with Crippen LogP contribution in [0.3, 0.4) is 0 Å². The molecule has 0 spiro atoms. The molecular formula is C31H24N2. The van der Waals surface area contributed by atoms with Crippen molar-refractivity contribution in [1.29, 1.82) is 0 Å². The number of allylic oxidation sites excluding steroid dienone is 2. The van der Waals surface area contributed by atoms with Gasteiger partial charge >= 0.3 is 0 Å². The molecule has 2 nitrogen and oxygen atoms in total. The maximum atomic E-state index is 2.52. The summed E-state index contributed by atoms with van der Waals surface area (Å²) in [7, 11) is 0. The summed E-state index contributed by atoms with van der Waals surface area (Å²) in [4.78, 5) is 2.52. The molecule has 0 radical (unpaired) electrons. The fraction of sp³-hybridized carbons (Fsp3) is 0.0968. The molecule has 0 amide bonds. The number of para-hydroxylation sites is 3. The second kappa shape index (κ2) is 6.73. The smallest absolute Gasteiger partial charge is 0.0712 e. The molecule has 1 aliphatic heterocycles. The SMILES string of the molecule is CC12C=CC=CC1c1ccccc1N2c1cccc(-n2c3ccccc3c3ccccc32)c1. The molecule has 33 heavy (non-hydrogen) atoms. The number of fused-ring (bicyclic) bond motifs is 6. The standard InChI is InChI=1S/C31H24N2/c1-31-20-9-8-16-27(31)26-15-4-7-19-30(26)33(31)23-12-10-11-22(21-23)32-28-17-5-2-13-24(28)25-14-3-6-18-29(25)32/h2-21,27H,1H3. The van der Waals surface area contributed by atoms with Crippen LogP contribution in [0.25, 0.3) is 27.5 Å². The summed E-state index contributed by atoms with van der Waals surface area (Å²) >= 11 is 0. The first kappa shape index (κ1) is 18.5. The van der Waals surface area contributed by atoms with Crippen LogP contribution < -0.4 is 4.90 Å². The molecule has 2 unspecified atom stereocenters. The van der Waals surface area contributed by atoms with E-state index in [-0.39, 0.29) is 5.54 Å². The number of aromatic nitrogens is 1. The zero-order valence-electron chi connectivity index (χ0n) is 18.5. The van der Waals surface area contributed by atoms with Crippen LogP contribution in [0.5, 0.6) is 0 Å². The Balaban J connectivity index is 1.47. The Morgan fingerprint density at radius 1 is 0.667 bits per heavy atom. The number of anilines is 2. The second-order valence-electron chi connectivity index (χ2n) is 9.23. The normalized spacial score (nSPS) is 21.0. The maximum absolute atomic E-state index is 2.52. The van der Waals surface area contributed by atoms with Crippen molar-refractivity contribution < 1.29 is 0 Å². The molecule has 0 fully saturated rings. The van der Waals surface area contributed by atoms with Crippen LogP contribution in [-0.4, -0.2) is 10.1 Å². The fourth-order valence-electron chi connectivity index (χ4n) is 5.96. The molecule has 158 valence electrons. The van der Waals surface area contributed by atoms with Crippen LogP contribution in [0, 0.1) is 0 Å². The predicted octanol–water partition coefficient (Wildman–Crippen LogP) is 7.90. The van der Waals surface area contributed by atoms with E-state index in [4.69, 9.17) is 0 Å². The minimum Gasteiger partial charge on any atom is -0.331 e. The Morgan fingerprint density at radius 2 is 1.33 bits per heavy atom. The van der Waals surface area contributed by atoms with E-state index in [2.05, 4.69) is 138 Å². The van der Waals surface area contributed by atoms with Crippen molar-refractivity contribution >= 4 is 33.2 Å². The molecule has 0 N–H and O–H groups in total. The van der Waals surface area contributed by atoms with Gasteiger partial charge in [-0.1, -0.05) is 85.0 Å². The van der Waals surface area contributed by atoms with Gasteiger partial charge in [0, 0.05) is 33.8 Å². The first-order chi connectivity index (χ1) is 16.3. The topological polar surface area (TPSA) is 8.17 Å². The molecule has 0 bridgehead atoms. The van der Waals surface area contributed by atoms with Gasteiger partial charge in [-0.3, -0.25) is 0 Å². The van der Waals surface area contributed by atoms with E-state index in [1.165, 1.54) is 44.4 Å². The highest BCUT2D eigenvalue weighted by Gasteiger charge is 2.46. The van der Waals surface area contributed by atoms with E-state index < -0.39 is 0 Å². The Hall–Kier alpha value is -4.04. The first-order valence-corrected chi connectivity index (χ1v) is 11.6. The van der Waals surface area contributed by atoms with Crippen molar-refractivity contribution in [2.45, 2.75) is 18.4 Å². The number of hydrogen-bond donors (Lipinski definition) is 0. The molecule has 0 saturated carbocycles. The van der Waals surface area contributed by atoms with Crippen LogP contribution in [0.2, 0.25) is 0 Å². The molecule has 1 aliphatic carbocycles. The van der Waals surface area contributed by atoms with Gasteiger partial charge in [0.05, 0.1) is 16.6 Å². The number of benzene rings is 4. The van der Waals surface area contributed by atoms with Crippen LogP contribution in [0.4, 0.5) is 11.4 Å². The predicted molar refractivity (Wildman–Crippen MR) is 139 cm³/mol. The van der Waals surface area contributed by atoms with Crippen LogP contribution in [-0.2, 0) is 0 Å². The van der Waals surface area contributed by atoms with Gasteiger partial charge in [0.25, 0.3) is 0 Å². The summed E-state index contributed by atoms with van der Waals surface area (Å²) in [6.07, 6.45) is 9.06. The van der Waals surface area contributed by atoms with E-state index in [9.17, 15) is 0 Å². The number of nitrogens with zero attached hydrogens (tertiary/aromatic N) is 2. The van der Waals surface area contributed by atoms with Crippen molar-refractivity contribution in [1.82, 2.24) is 4.57 Å². The van der Waals surface area contributed by atoms with Gasteiger partial charge in [0.2, 0.25) is 0 Å². The lowest BCUT2D eigenvalue weighted by molar-refractivity contribution is 0.542. The van der Waals surface area contributed by atoms with E-state index >= 15 is 0 Å². The summed E-state index contributed by atoms with van der Waals surface area (Å²) in [5.41, 5.74) is 7.43. The fourth-order valence-corrected chi connectivity index (χ4v) is 5.96. The van der Waals surface area contributed by atoms with Crippen molar-refractivity contribution in [2.24, 2.45) is 0 Å². The maximum Gasteiger partial charge on any atom is 0.0712 e. The third kappa shape index (κ3) is 2.49. The van der Waals surface area contributed by atoms with Gasteiger partial charge in [-0.05, 0) is 48.9 Å². The van der Waals surface area contributed by atoms with Crippen LogP contribution in [0.1, 0.15) is 18.4 Å². The van der Waals surface area contributed by atoms with Crippen molar-refractivity contribution in [2.75, 3.05) is 4.90 Å². The van der Waals surface area contributed by atoms with Gasteiger partial charge < -0.3 is 9.47 Å². The third-order valence-corrected chi connectivity index (χ3v) is 7.40. The third-order valence-electron chi connectivity index (χ3n) is 7.40.